The van der Waals surface area contributed by atoms with Gasteiger partial charge in [-0.25, -0.2) is 0 Å². The molecular formula is C53H71NO12. The van der Waals surface area contributed by atoms with Gasteiger partial charge in [-0.3, -0.25) is 33.7 Å². The Hall–Kier alpha value is -4.36. The first-order chi connectivity index (χ1) is 31.0. The van der Waals surface area contributed by atoms with Crippen LogP contribution in [0.5, 0.6) is 0 Å². The first-order valence-electron chi connectivity index (χ1n) is 24.2. The number of ether oxygens (including phenoxy) is 6. The van der Waals surface area contributed by atoms with E-state index in [0.717, 1.165) is 62.7 Å². The number of benzene rings is 1. The predicted octanol–water partition coefficient (Wildman–Crippen LogP) is 8.72. The molecule has 360 valence electrons. The lowest BCUT2D eigenvalue weighted by Crippen LogP contribution is -2.69. The van der Waals surface area contributed by atoms with E-state index in [0.29, 0.717) is 12.3 Å². The van der Waals surface area contributed by atoms with Crippen molar-refractivity contribution in [3.05, 3.63) is 59.7 Å². The maximum atomic E-state index is 14.3. The van der Waals surface area contributed by atoms with E-state index < -0.39 is 77.3 Å². The number of hydrogen-bond donors (Lipinski definition) is 0. The van der Waals surface area contributed by atoms with E-state index in [4.69, 9.17) is 28.4 Å². The Morgan fingerprint density at radius 1 is 0.788 bits per heavy atom. The Labute approximate surface area is 390 Å². The summed E-state index contributed by atoms with van der Waals surface area (Å²) in [6, 6.07) is 5.08. The van der Waals surface area contributed by atoms with Crippen LogP contribution < -0.4 is 0 Å². The van der Waals surface area contributed by atoms with Crippen LogP contribution in [0, 0.1) is 50.2 Å². The predicted molar refractivity (Wildman–Crippen MR) is 242 cm³/mol. The molecule has 8 rings (SSSR count). The first kappa shape index (κ1) is 48.1. The fourth-order valence-corrected chi connectivity index (χ4v) is 15.0. The van der Waals surface area contributed by atoms with Crippen LogP contribution >= 0.6 is 0 Å². The highest BCUT2D eigenvalue weighted by Crippen LogP contribution is 2.76. The molecule has 0 unspecified atom stereocenters. The zero-order chi connectivity index (χ0) is 47.9. The second-order valence-corrected chi connectivity index (χ2v) is 22.8. The number of amides is 2. The average Bonchev–Trinajstić information content (AvgIpc) is 3.49. The van der Waals surface area contributed by atoms with Crippen LogP contribution in [0.4, 0.5) is 0 Å². The summed E-state index contributed by atoms with van der Waals surface area (Å²) < 4.78 is 36.8. The Bertz CT molecular complexity index is 2180. The molecule has 2 heterocycles. The van der Waals surface area contributed by atoms with E-state index in [1.807, 2.05) is 0 Å². The SMILES string of the molecule is C=CCOC(=O)[C@]12CCC(C)(C)C[C@H]1C1=CC[C@@H]3[C@@]4(C)CC[C@H](O[C@@H]5O[C@H](COC(C)=O)[C@@H](OC(C)=O)[C@H](OC(C)=O)[C@H]5N5C(=O)c6ccccc6C5=O)C(C)(C)[C@@H]4CC[C@@]3(C)[C@]1(C)CC2. The van der Waals surface area contributed by atoms with Gasteiger partial charge in [0.1, 0.15) is 25.4 Å². The van der Waals surface area contributed by atoms with Gasteiger partial charge in [0.25, 0.3) is 11.8 Å². The van der Waals surface area contributed by atoms with Gasteiger partial charge in [0.05, 0.1) is 22.6 Å². The third-order valence-electron chi connectivity index (χ3n) is 18.4. The van der Waals surface area contributed by atoms with Crippen LogP contribution in [0.25, 0.3) is 0 Å². The van der Waals surface area contributed by atoms with E-state index in [1.54, 1.807) is 30.3 Å². The molecule has 13 heteroatoms. The maximum absolute atomic E-state index is 14.3. The van der Waals surface area contributed by atoms with Crippen LogP contribution in [-0.4, -0.2) is 90.6 Å². The highest BCUT2D eigenvalue weighted by atomic mass is 16.7. The Morgan fingerprint density at radius 2 is 1.42 bits per heavy atom. The number of carbonyl (C=O) groups is 6. The number of nitrogens with zero attached hydrogens (tertiary/aromatic N) is 1. The quantitative estimate of drug-likeness (QED) is 0.0723. The van der Waals surface area contributed by atoms with Gasteiger partial charge in [0.2, 0.25) is 0 Å². The summed E-state index contributed by atoms with van der Waals surface area (Å²) in [5.41, 5.74) is 0.675. The van der Waals surface area contributed by atoms with Gasteiger partial charge in [0.15, 0.2) is 18.5 Å². The highest BCUT2D eigenvalue weighted by Gasteiger charge is 2.70. The number of rotatable bonds is 10. The molecule has 7 aliphatic rings. The molecule has 5 fully saturated rings. The number of carbonyl (C=O) groups excluding carboxylic acids is 6. The molecule has 5 aliphatic carbocycles. The van der Waals surface area contributed by atoms with Crippen molar-refractivity contribution in [1.29, 1.82) is 0 Å². The number of esters is 4. The zero-order valence-corrected chi connectivity index (χ0v) is 40.7. The molecule has 4 saturated carbocycles. The van der Waals surface area contributed by atoms with Crippen molar-refractivity contribution in [3.8, 4) is 0 Å². The third-order valence-corrected chi connectivity index (χ3v) is 18.4. The van der Waals surface area contributed by atoms with Gasteiger partial charge < -0.3 is 28.4 Å². The minimum atomic E-state index is -1.43. The third kappa shape index (κ3) is 7.57. The molecule has 2 amide bonds. The van der Waals surface area contributed by atoms with E-state index in [1.165, 1.54) is 26.3 Å². The first-order valence-corrected chi connectivity index (χ1v) is 24.2. The number of imide groups is 1. The molecule has 0 aromatic heterocycles. The fraction of sp³-hybridized carbons (Fsp3) is 0.698. The van der Waals surface area contributed by atoms with E-state index in [2.05, 4.69) is 61.1 Å². The van der Waals surface area contributed by atoms with Crippen LogP contribution in [0.1, 0.15) is 154 Å². The van der Waals surface area contributed by atoms with E-state index in [-0.39, 0.29) is 63.8 Å². The van der Waals surface area contributed by atoms with Crippen LogP contribution in [0.2, 0.25) is 0 Å². The molecule has 13 atom stereocenters. The Balaban J connectivity index is 1.13. The van der Waals surface area contributed by atoms with Crippen molar-refractivity contribution in [2.75, 3.05) is 13.2 Å². The molecule has 1 aromatic carbocycles. The lowest BCUT2D eigenvalue weighted by Gasteiger charge is -2.71. The lowest BCUT2D eigenvalue weighted by molar-refractivity contribution is -0.316. The van der Waals surface area contributed by atoms with E-state index >= 15 is 0 Å². The largest absolute Gasteiger partial charge is 0.463 e. The molecule has 1 saturated heterocycles. The molecule has 2 aliphatic heterocycles. The van der Waals surface area contributed by atoms with E-state index in [9.17, 15) is 28.8 Å². The average molecular weight is 914 g/mol. The standard InChI is InChI=1S/C53H71NO12/c1-12-27-61-47(60)53-25-23-48(5,6)28-36(53)35-17-18-39-50(9)21-20-40(49(7,8)38(50)19-22-52(39,11)51(35,10)24-26-53)66-46-41(54-44(58)33-15-13-14-16-34(33)45(54)59)43(64-32(4)57)42(63-31(3)56)37(65-46)29-62-30(2)55/h12-17,36-43,46H,1,18-29H2,2-11H3/t36-,37+,38-,39+,40-,41+,42+,43+,46-,50-,51+,52+,53-/m0/s1. The molecule has 0 N–H and O–H groups in total. The summed E-state index contributed by atoms with van der Waals surface area (Å²) in [5.74, 6) is -2.74. The van der Waals surface area contributed by atoms with Gasteiger partial charge in [-0.1, -0.05) is 84.9 Å². The van der Waals surface area contributed by atoms with Crippen molar-refractivity contribution < 1.29 is 57.2 Å². The minimum Gasteiger partial charge on any atom is -0.463 e. The van der Waals surface area contributed by atoms with Gasteiger partial charge in [-0.05, 0) is 121 Å². The summed E-state index contributed by atoms with van der Waals surface area (Å²) in [4.78, 5) is 81.5. The minimum absolute atomic E-state index is 0.0408. The number of fused-ring (bicyclic) bond motifs is 8. The smallest absolute Gasteiger partial charge is 0.312 e. The highest BCUT2D eigenvalue weighted by molar-refractivity contribution is 6.21. The molecule has 66 heavy (non-hydrogen) atoms. The summed E-state index contributed by atoms with van der Waals surface area (Å²) >= 11 is 0. The Kier molecular flexibility index (Phi) is 12.4. The second-order valence-electron chi connectivity index (χ2n) is 22.8. The summed E-state index contributed by atoms with van der Waals surface area (Å²) in [6.07, 6.45) is 7.22. The molecule has 1 aromatic rings. The van der Waals surface area contributed by atoms with Crippen LogP contribution in [-0.2, 0) is 47.6 Å². The molecule has 0 bridgehead atoms. The summed E-state index contributed by atoms with van der Waals surface area (Å²) in [7, 11) is 0. The lowest BCUT2D eigenvalue weighted by atomic mass is 9.33. The maximum Gasteiger partial charge on any atom is 0.312 e. The second kappa shape index (κ2) is 17.0. The van der Waals surface area contributed by atoms with Gasteiger partial charge in [0, 0.05) is 20.8 Å². The van der Waals surface area contributed by atoms with Crippen LogP contribution in [0.3, 0.4) is 0 Å². The number of allylic oxidation sites excluding steroid dienone is 2. The summed E-state index contributed by atoms with van der Waals surface area (Å²) in [5, 5.41) is 0. The van der Waals surface area contributed by atoms with Gasteiger partial charge in [-0.2, -0.15) is 0 Å². The normalized spacial score (nSPS) is 39.6. The topological polar surface area (TPSA) is 161 Å². The van der Waals surface area contributed by atoms with Crippen molar-refractivity contribution >= 4 is 35.7 Å². The molecule has 13 nitrogen and oxygen atoms in total. The summed E-state index contributed by atoms with van der Waals surface area (Å²) in [6.45, 7) is 23.9. The fourth-order valence-electron chi connectivity index (χ4n) is 15.0. The van der Waals surface area contributed by atoms with Gasteiger partial charge in [-0.15, -0.1) is 0 Å². The Morgan fingerprint density at radius 3 is 2.05 bits per heavy atom. The monoisotopic (exact) mass is 913 g/mol. The number of hydrogen-bond acceptors (Lipinski definition) is 12. The van der Waals surface area contributed by atoms with Crippen molar-refractivity contribution in [2.45, 2.75) is 170 Å². The molecule has 0 spiro atoms. The van der Waals surface area contributed by atoms with Crippen molar-refractivity contribution in [2.24, 2.45) is 50.2 Å². The molecular weight excluding hydrogens is 843 g/mol. The molecule has 0 radical (unpaired) electrons. The van der Waals surface area contributed by atoms with Gasteiger partial charge >= 0.3 is 23.9 Å². The van der Waals surface area contributed by atoms with Crippen molar-refractivity contribution in [1.82, 2.24) is 4.90 Å². The zero-order valence-electron chi connectivity index (χ0n) is 40.7. The van der Waals surface area contributed by atoms with Crippen molar-refractivity contribution in [3.63, 3.8) is 0 Å². The van der Waals surface area contributed by atoms with Crippen LogP contribution in [0.15, 0.2) is 48.6 Å².